The minimum Gasteiger partial charge on any atom is -0.508 e. The molecule has 1 aliphatic carbocycles. The first kappa shape index (κ1) is 14.8. The van der Waals surface area contributed by atoms with E-state index in [-0.39, 0.29) is 5.41 Å². The van der Waals surface area contributed by atoms with E-state index in [1.807, 2.05) is 12.1 Å². The van der Waals surface area contributed by atoms with Crippen molar-refractivity contribution >= 4 is 0 Å². The SMILES string of the molecule is C[C@@H]1[C@@H]2Cc3ccc(O)cc3[C@]1(C)CCN2[11CH2]c1ccccc1. The zero-order valence-electron chi connectivity index (χ0n) is 14.0. The molecule has 2 aromatic carbocycles. The monoisotopic (exact) mass is 306 g/mol. The summed E-state index contributed by atoms with van der Waals surface area (Å²) in [6.45, 7) is 6.96. The van der Waals surface area contributed by atoms with Gasteiger partial charge in [0.1, 0.15) is 5.75 Å². The molecule has 23 heavy (non-hydrogen) atoms. The van der Waals surface area contributed by atoms with Gasteiger partial charge in [-0.15, -0.1) is 0 Å². The number of piperidine rings is 1. The van der Waals surface area contributed by atoms with Gasteiger partial charge in [0.15, 0.2) is 0 Å². The summed E-state index contributed by atoms with van der Waals surface area (Å²) >= 11 is 0. The topological polar surface area (TPSA) is 23.5 Å². The van der Waals surface area contributed by atoms with E-state index in [1.54, 1.807) is 0 Å². The highest BCUT2D eigenvalue weighted by Gasteiger charge is 2.48. The first-order valence-electron chi connectivity index (χ1n) is 8.68. The van der Waals surface area contributed by atoms with Crippen LogP contribution in [0.25, 0.3) is 0 Å². The molecule has 1 heterocycles. The summed E-state index contributed by atoms with van der Waals surface area (Å²) in [4.78, 5) is 2.66. The molecule has 1 fully saturated rings. The van der Waals surface area contributed by atoms with Crippen LogP contribution < -0.4 is 0 Å². The molecule has 2 nitrogen and oxygen atoms in total. The summed E-state index contributed by atoms with van der Waals surface area (Å²) in [5.74, 6) is 1.01. The highest BCUT2D eigenvalue weighted by Crippen LogP contribution is 2.49. The zero-order chi connectivity index (χ0) is 16.0. The van der Waals surface area contributed by atoms with Crippen molar-refractivity contribution in [2.75, 3.05) is 6.54 Å². The van der Waals surface area contributed by atoms with E-state index in [0.29, 0.717) is 17.7 Å². The van der Waals surface area contributed by atoms with Gasteiger partial charge >= 0.3 is 0 Å². The number of benzene rings is 2. The molecule has 1 N–H and O–H groups in total. The molecule has 0 amide bonds. The zero-order valence-corrected chi connectivity index (χ0v) is 14.0. The number of nitrogens with zero attached hydrogens (tertiary/aromatic N) is 1. The molecule has 2 aromatic rings. The van der Waals surface area contributed by atoms with Crippen molar-refractivity contribution in [1.82, 2.24) is 4.90 Å². The van der Waals surface area contributed by atoms with E-state index in [9.17, 15) is 5.11 Å². The van der Waals surface area contributed by atoms with Crippen LogP contribution in [0.15, 0.2) is 48.5 Å². The molecule has 0 radical (unpaired) electrons. The molecule has 1 aliphatic heterocycles. The quantitative estimate of drug-likeness (QED) is 0.902. The summed E-state index contributed by atoms with van der Waals surface area (Å²) in [6, 6.07) is 17.4. The van der Waals surface area contributed by atoms with Gasteiger partial charge in [0, 0.05) is 12.6 Å². The molecule has 4 rings (SSSR count). The van der Waals surface area contributed by atoms with Gasteiger partial charge in [-0.2, -0.15) is 0 Å². The molecule has 1 saturated heterocycles. The Morgan fingerprint density at radius 2 is 1.96 bits per heavy atom. The summed E-state index contributed by atoms with van der Waals surface area (Å²) in [6.07, 6.45) is 2.26. The molecule has 0 unspecified atom stereocenters. The van der Waals surface area contributed by atoms with Crippen molar-refractivity contribution < 1.29 is 5.11 Å². The molecule has 2 bridgehead atoms. The third kappa shape index (κ3) is 2.36. The summed E-state index contributed by atoms with van der Waals surface area (Å²) in [5, 5.41) is 9.92. The number of aromatic hydroxyl groups is 1. The molecule has 2 heteroatoms. The molecule has 2 aliphatic rings. The van der Waals surface area contributed by atoms with Gasteiger partial charge in [-0.1, -0.05) is 50.2 Å². The first-order valence-corrected chi connectivity index (χ1v) is 8.68. The molecule has 3 atom stereocenters. The van der Waals surface area contributed by atoms with Crippen LogP contribution in [0.1, 0.15) is 37.0 Å². The average molecular weight is 306 g/mol. The number of hydrogen-bond donors (Lipinski definition) is 1. The van der Waals surface area contributed by atoms with Crippen LogP contribution in [0, 0.1) is 5.92 Å². The van der Waals surface area contributed by atoms with Crippen molar-refractivity contribution in [2.45, 2.75) is 44.7 Å². The van der Waals surface area contributed by atoms with E-state index < -0.39 is 0 Å². The fraction of sp³-hybridized carbons (Fsp3) is 0.429. The third-order valence-electron chi connectivity index (χ3n) is 6.34. The third-order valence-corrected chi connectivity index (χ3v) is 6.34. The van der Waals surface area contributed by atoms with Gasteiger partial charge in [-0.05, 0) is 59.5 Å². The van der Waals surface area contributed by atoms with Crippen LogP contribution in [-0.2, 0) is 18.4 Å². The molecule has 0 spiro atoms. The van der Waals surface area contributed by atoms with Crippen LogP contribution in [0.5, 0.6) is 5.75 Å². The highest BCUT2D eigenvalue weighted by atomic mass is 16.3. The second-order valence-corrected chi connectivity index (χ2v) is 7.53. The Kier molecular flexibility index (Phi) is 3.46. The van der Waals surface area contributed by atoms with Crippen LogP contribution in [-0.4, -0.2) is 22.6 Å². The summed E-state index contributed by atoms with van der Waals surface area (Å²) in [5.41, 5.74) is 4.39. The highest BCUT2D eigenvalue weighted by molar-refractivity contribution is 5.44. The minimum atomic E-state index is 0.185. The minimum absolute atomic E-state index is 0.185. The number of phenolic OH excluding ortho intramolecular Hbond substituents is 1. The van der Waals surface area contributed by atoms with E-state index in [4.69, 9.17) is 0 Å². The fourth-order valence-electron chi connectivity index (χ4n) is 4.71. The Hall–Kier alpha value is -1.80. The van der Waals surface area contributed by atoms with Gasteiger partial charge in [0.25, 0.3) is 0 Å². The van der Waals surface area contributed by atoms with E-state index in [1.165, 1.54) is 16.7 Å². The lowest BCUT2D eigenvalue weighted by atomic mass is 9.58. The lowest BCUT2D eigenvalue weighted by Gasteiger charge is -2.54. The van der Waals surface area contributed by atoms with Crippen molar-refractivity contribution in [3.8, 4) is 5.75 Å². The largest absolute Gasteiger partial charge is 0.508 e. The lowest BCUT2D eigenvalue weighted by molar-refractivity contribution is 0.0258. The maximum absolute atomic E-state index is 9.92. The van der Waals surface area contributed by atoms with Crippen LogP contribution >= 0.6 is 0 Å². The number of likely N-dealkylation sites (tertiary alicyclic amines) is 1. The van der Waals surface area contributed by atoms with Gasteiger partial charge in [0.2, 0.25) is 0 Å². The second-order valence-electron chi connectivity index (χ2n) is 7.53. The van der Waals surface area contributed by atoms with Crippen LogP contribution in [0.2, 0.25) is 0 Å². The molecule has 0 aromatic heterocycles. The number of phenols is 1. The van der Waals surface area contributed by atoms with Crippen LogP contribution in [0.3, 0.4) is 0 Å². The predicted octanol–water partition coefficient (Wildman–Crippen LogP) is 4.12. The predicted molar refractivity (Wildman–Crippen MR) is 93.6 cm³/mol. The smallest absolute Gasteiger partial charge is 0.115 e. The molecule has 0 saturated carbocycles. The molecule has 120 valence electrons. The van der Waals surface area contributed by atoms with Crippen molar-refractivity contribution in [2.24, 2.45) is 5.92 Å². The van der Waals surface area contributed by atoms with Crippen molar-refractivity contribution in [3.63, 3.8) is 0 Å². The lowest BCUT2D eigenvalue weighted by Crippen LogP contribution is -2.57. The van der Waals surface area contributed by atoms with Gasteiger partial charge in [0.05, 0.1) is 0 Å². The second kappa shape index (κ2) is 5.38. The Labute approximate surface area is 138 Å². The number of fused-ring (bicyclic) bond motifs is 4. The maximum Gasteiger partial charge on any atom is 0.115 e. The number of rotatable bonds is 2. The maximum atomic E-state index is 9.92. The first-order chi connectivity index (χ1) is 11.1. The van der Waals surface area contributed by atoms with Crippen molar-refractivity contribution in [1.29, 1.82) is 0 Å². The standard InChI is InChI=1S/C21H25NO/c1-15-20-12-17-8-9-18(23)13-19(17)21(15,2)10-11-22(20)14-16-6-4-3-5-7-16/h3-9,13,15,20,23H,10-12,14H2,1-2H3/t15-,20+,21-/m1/s1/i14-1. The van der Waals surface area contributed by atoms with Crippen molar-refractivity contribution in [3.05, 3.63) is 65.2 Å². The van der Waals surface area contributed by atoms with Crippen LogP contribution in [0.4, 0.5) is 0 Å². The molecular weight excluding hydrogens is 281 g/mol. The molecular formula is C21H25NO. The van der Waals surface area contributed by atoms with Gasteiger partial charge in [-0.3, -0.25) is 4.90 Å². The van der Waals surface area contributed by atoms with E-state index in [2.05, 4.69) is 55.1 Å². The van der Waals surface area contributed by atoms with Gasteiger partial charge < -0.3 is 5.11 Å². The Bertz CT molecular complexity index is 711. The average Bonchev–Trinajstić information content (AvgIpc) is 2.55. The number of hydrogen-bond acceptors (Lipinski definition) is 2. The Morgan fingerprint density at radius 1 is 1.17 bits per heavy atom. The normalized spacial score (nSPS) is 30.0. The van der Waals surface area contributed by atoms with Gasteiger partial charge in [-0.25, -0.2) is 0 Å². The van der Waals surface area contributed by atoms with E-state index in [0.717, 1.165) is 25.9 Å². The summed E-state index contributed by atoms with van der Waals surface area (Å²) in [7, 11) is 0. The fourth-order valence-corrected chi connectivity index (χ4v) is 4.71. The Morgan fingerprint density at radius 3 is 2.74 bits per heavy atom. The summed E-state index contributed by atoms with van der Waals surface area (Å²) < 4.78 is 0. The van der Waals surface area contributed by atoms with E-state index >= 15 is 0 Å². The Balaban J connectivity index is 1.67.